The second kappa shape index (κ2) is 6.83. The summed E-state index contributed by atoms with van der Waals surface area (Å²) in [5.41, 5.74) is 1.53. The molecule has 2 N–H and O–H groups in total. The molecule has 1 atom stereocenters. The van der Waals surface area contributed by atoms with Crippen LogP contribution >= 0.6 is 12.4 Å². The van der Waals surface area contributed by atoms with Crippen LogP contribution in [-0.4, -0.2) is 38.8 Å². The van der Waals surface area contributed by atoms with Crippen LogP contribution in [0.3, 0.4) is 0 Å². The van der Waals surface area contributed by atoms with E-state index in [1.165, 1.54) is 0 Å². The predicted molar refractivity (Wildman–Crippen MR) is 83.1 cm³/mol. The van der Waals surface area contributed by atoms with Gasteiger partial charge in [-0.3, -0.25) is 4.79 Å². The number of benzene rings is 1. The number of amides is 1. The number of carbonyl (C=O) groups excluding carboxylic acids is 1. The molecule has 0 spiro atoms. The van der Waals surface area contributed by atoms with Crippen LogP contribution in [0.15, 0.2) is 23.8 Å². The van der Waals surface area contributed by atoms with Gasteiger partial charge in [0.25, 0.3) is 5.91 Å². The Balaban J connectivity index is 0.00000161. The summed E-state index contributed by atoms with van der Waals surface area (Å²) in [5, 5.41) is 6.26. The molecule has 1 unspecified atom stereocenters. The number of nitrogens with one attached hydrogen (secondary N) is 2. The zero-order chi connectivity index (χ0) is 13.9. The molecule has 0 radical (unpaired) electrons. The Hall–Kier alpha value is -1.72. The van der Waals surface area contributed by atoms with Crippen molar-refractivity contribution in [2.45, 2.75) is 12.5 Å². The quantitative estimate of drug-likeness (QED) is 0.885. The van der Waals surface area contributed by atoms with Crippen molar-refractivity contribution in [2.75, 3.05) is 26.8 Å². The summed E-state index contributed by atoms with van der Waals surface area (Å²) >= 11 is 0. The first-order valence-corrected chi connectivity index (χ1v) is 6.79. The Morgan fingerprint density at radius 3 is 3.05 bits per heavy atom. The van der Waals surface area contributed by atoms with Gasteiger partial charge in [0, 0.05) is 18.2 Å². The van der Waals surface area contributed by atoms with Crippen LogP contribution in [0.1, 0.15) is 12.0 Å². The van der Waals surface area contributed by atoms with Gasteiger partial charge in [-0.2, -0.15) is 0 Å². The van der Waals surface area contributed by atoms with Gasteiger partial charge in [-0.1, -0.05) is 0 Å². The second-order valence-corrected chi connectivity index (χ2v) is 5.03. The fourth-order valence-electron chi connectivity index (χ4n) is 2.47. The molecule has 1 aromatic rings. The average Bonchev–Trinajstić information content (AvgIpc) is 2.99. The molecule has 1 fully saturated rings. The minimum atomic E-state index is -0.0489. The van der Waals surface area contributed by atoms with Crippen LogP contribution in [0.25, 0.3) is 6.08 Å². The number of hydrogen-bond donors (Lipinski definition) is 2. The van der Waals surface area contributed by atoms with Crippen molar-refractivity contribution in [1.82, 2.24) is 10.6 Å². The molecule has 5 nitrogen and oxygen atoms in total. The standard InChI is InChI=1S/C15H18N2O3.ClH/c1-19-13-2-3-14-10(7-13)6-11(9-20-14)15(18)17-12-4-5-16-8-12;/h2-3,6-7,12,16H,4-5,8-9H2,1H3,(H,17,18);1H. The summed E-state index contributed by atoms with van der Waals surface area (Å²) < 4.78 is 10.8. The van der Waals surface area contributed by atoms with Gasteiger partial charge in [0.05, 0.1) is 12.7 Å². The molecule has 3 rings (SSSR count). The van der Waals surface area contributed by atoms with Crippen LogP contribution in [0.4, 0.5) is 0 Å². The van der Waals surface area contributed by atoms with Gasteiger partial charge in [-0.25, -0.2) is 0 Å². The van der Waals surface area contributed by atoms with E-state index in [1.807, 2.05) is 24.3 Å². The highest BCUT2D eigenvalue weighted by atomic mass is 35.5. The van der Waals surface area contributed by atoms with Crippen molar-refractivity contribution in [3.8, 4) is 11.5 Å². The lowest BCUT2D eigenvalue weighted by Crippen LogP contribution is -2.38. The largest absolute Gasteiger partial charge is 0.497 e. The van der Waals surface area contributed by atoms with E-state index in [0.717, 1.165) is 36.6 Å². The van der Waals surface area contributed by atoms with E-state index >= 15 is 0 Å². The van der Waals surface area contributed by atoms with E-state index in [2.05, 4.69) is 10.6 Å². The molecule has 1 aromatic carbocycles. The highest BCUT2D eigenvalue weighted by Crippen LogP contribution is 2.29. The Kier molecular flexibility index (Phi) is 5.09. The molecule has 0 bridgehead atoms. The molecule has 1 saturated heterocycles. The smallest absolute Gasteiger partial charge is 0.250 e. The molecular formula is C15H19ClN2O3. The molecule has 2 aliphatic heterocycles. The Labute approximate surface area is 130 Å². The maximum atomic E-state index is 12.2. The lowest BCUT2D eigenvalue weighted by molar-refractivity contribution is -0.118. The Morgan fingerprint density at radius 2 is 2.33 bits per heavy atom. The predicted octanol–water partition coefficient (Wildman–Crippen LogP) is 1.37. The first-order valence-electron chi connectivity index (χ1n) is 6.79. The number of rotatable bonds is 3. The Bertz CT molecular complexity index is 554. The van der Waals surface area contributed by atoms with Crippen molar-refractivity contribution >= 4 is 24.4 Å². The van der Waals surface area contributed by atoms with Gasteiger partial charge in [0.15, 0.2) is 0 Å². The first kappa shape index (κ1) is 15.7. The molecule has 6 heteroatoms. The number of methoxy groups -OCH3 is 1. The molecule has 2 heterocycles. The number of ether oxygens (including phenoxy) is 2. The van der Waals surface area contributed by atoms with E-state index in [-0.39, 0.29) is 24.4 Å². The zero-order valence-electron chi connectivity index (χ0n) is 11.8. The topological polar surface area (TPSA) is 59.6 Å². The van der Waals surface area contributed by atoms with E-state index in [1.54, 1.807) is 7.11 Å². The van der Waals surface area contributed by atoms with Crippen LogP contribution < -0.4 is 20.1 Å². The third kappa shape index (κ3) is 3.49. The van der Waals surface area contributed by atoms with Gasteiger partial charge in [-0.05, 0) is 37.2 Å². The van der Waals surface area contributed by atoms with Gasteiger partial charge in [0.1, 0.15) is 18.1 Å². The second-order valence-electron chi connectivity index (χ2n) is 5.03. The third-order valence-corrected chi connectivity index (χ3v) is 3.62. The molecule has 0 aromatic heterocycles. The molecule has 114 valence electrons. The maximum Gasteiger partial charge on any atom is 0.250 e. The normalized spacial score (nSPS) is 19.7. The SMILES string of the molecule is COc1ccc2c(c1)C=C(C(=O)NC1CCNC1)CO2.Cl. The number of hydrogen-bond acceptors (Lipinski definition) is 4. The van der Waals surface area contributed by atoms with Crippen LogP contribution in [0.5, 0.6) is 11.5 Å². The highest BCUT2D eigenvalue weighted by molar-refractivity contribution is 5.99. The van der Waals surface area contributed by atoms with Crippen molar-refractivity contribution in [2.24, 2.45) is 0 Å². The number of fused-ring (bicyclic) bond motifs is 1. The molecule has 2 aliphatic rings. The first-order chi connectivity index (χ1) is 9.76. The van der Waals surface area contributed by atoms with Gasteiger partial charge in [0.2, 0.25) is 0 Å². The van der Waals surface area contributed by atoms with Crippen molar-refractivity contribution in [3.63, 3.8) is 0 Å². The van der Waals surface area contributed by atoms with Gasteiger partial charge >= 0.3 is 0 Å². The summed E-state index contributed by atoms with van der Waals surface area (Å²) in [7, 11) is 1.62. The van der Waals surface area contributed by atoms with E-state index in [4.69, 9.17) is 9.47 Å². The lowest BCUT2D eigenvalue weighted by Gasteiger charge is -2.19. The number of carbonyl (C=O) groups is 1. The van der Waals surface area contributed by atoms with E-state index < -0.39 is 0 Å². The fourth-order valence-corrected chi connectivity index (χ4v) is 2.47. The van der Waals surface area contributed by atoms with Crippen molar-refractivity contribution < 1.29 is 14.3 Å². The lowest BCUT2D eigenvalue weighted by atomic mass is 10.1. The summed E-state index contributed by atoms with van der Waals surface area (Å²) in [4.78, 5) is 12.2. The molecule has 0 saturated carbocycles. The number of halogens is 1. The monoisotopic (exact) mass is 310 g/mol. The Morgan fingerprint density at radius 1 is 1.48 bits per heavy atom. The summed E-state index contributed by atoms with van der Waals surface area (Å²) in [6.45, 7) is 2.11. The van der Waals surface area contributed by atoms with Crippen LogP contribution in [0, 0.1) is 0 Å². The summed E-state index contributed by atoms with van der Waals surface area (Å²) in [6, 6.07) is 5.80. The fraction of sp³-hybridized carbons (Fsp3) is 0.400. The van der Waals surface area contributed by atoms with Crippen molar-refractivity contribution in [1.29, 1.82) is 0 Å². The van der Waals surface area contributed by atoms with Crippen LogP contribution in [0.2, 0.25) is 0 Å². The van der Waals surface area contributed by atoms with Crippen LogP contribution in [-0.2, 0) is 4.79 Å². The third-order valence-electron chi connectivity index (χ3n) is 3.62. The molecule has 1 amide bonds. The average molecular weight is 311 g/mol. The molecule has 21 heavy (non-hydrogen) atoms. The summed E-state index contributed by atoms with van der Waals surface area (Å²) in [6.07, 6.45) is 2.85. The van der Waals surface area contributed by atoms with Crippen molar-refractivity contribution in [3.05, 3.63) is 29.3 Å². The summed E-state index contributed by atoms with van der Waals surface area (Å²) in [5.74, 6) is 1.49. The van der Waals surface area contributed by atoms with Gasteiger partial charge in [-0.15, -0.1) is 12.4 Å². The van der Waals surface area contributed by atoms with Gasteiger partial charge < -0.3 is 20.1 Å². The maximum absolute atomic E-state index is 12.2. The van der Waals surface area contributed by atoms with E-state index in [0.29, 0.717) is 12.2 Å². The minimum absolute atomic E-state index is 0. The molecule has 0 aliphatic carbocycles. The zero-order valence-corrected chi connectivity index (χ0v) is 12.7. The molecular weight excluding hydrogens is 292 g/mol. The minimum Gasteiger partial charge on any atom is -0.497 e. The highest BCUT2D eigenvalue weighted by Gasteiger charge is 2.22. The van der Waals surface area contributed by atoms with E-state index in [9.17, 15) is 4.79 Å².